The van der Waals surface area contributed by atoms with Gasteiger partial charge in [0.15, 0.2) is 0 Å². The molecule has 0 fully saturated rings. The topological polar surface area (TPSA) is 76.3 Å². The van der Waals surface area contributed by atoms with Crippen molar-refractivity contribution in [2.75, 3.05) is 30.5 Å². The Kier molecular flexibility index (Phi) is 4.85. The van der Waals surface area contributed by atoms with Crippen molar-refractivity contribution in [3.63, 3.8) is 0 Å². The highest BCUT2D eigenvalue weighted by molar-refractivity contribution is 7.90. The fraction of sp³-hybridized carbons (Fsp3) is 0.467. The Morgan fingerprint density at radius 3 is 2.45 bits per heavy atom. The zero-order valence-corrected chi connectivity index (χ0v) is 14.1. The van der Waals surface area contributed by atoms with Crippen LogP contribution in [0.4, 0.5) is 5.69 Å². The molecule has 1 atom stereocenters. The number of anilines is 1. The van der Waals surface area contributed by atoms with E-state index in [1.165, 1.54) is 6.26 Å². The van der Waals surface area contributed by atoms with Crippen LogP contribution in [0, 0.1) is 0 Å². The number of nitrogens with zero attached hydrogens (tertiary/aromatic N) is 3. The minimum Gasteiger partial charge on any atom is -0.375 e. The first-order valence-corrected chi connectivity index (χ1v) is 9.19. The van der Waals surface area contributed by atoms with Crippen molar-refractivity contribution in [2.45, 2.75) is 19.8 Å². The molecule has 0 saturated heterocycles. The molecule has 1 heterocycles. The van der Waals surface area contributed by atoms with Crippen molar-refractivity contribution in [3.8, 4) is 11.4 Å². The Labute approximate surface area is 131 Å². The zero-order valence-electron chi connectivity index (χ0n) is 13.3. The molecule has 0 aliphatic carbocycles. The molecule has 0 radical (unpaired) electrons. The van der Waals surface area contributed by atoms with E-state index in [-0.39, 0.29) is 11.7 Å². The number of benzene rings is 1. The summed E-state index contributed by atoms with van der Waals surface area (Å²) in [5.74, 6) is 0.493. The van der Waals surface area contributed by atoms with E-state index in [0.717, 1.165) is 17.8 Å². The molecule has 0 bridgehead atoms. The van der Waals surface area contributed by atoms with E-state index in [1.54, 1.807) is 6.92 Å². The lowest BCUT2D eigenvalue weighted by atomic mass is 10.2. The first-order valence-electron chi connectivity index (χ1n) is 7.13. The number of hydrogen-bond donors (Lipinski definition) is 0. The lowest BCUT2D eigenvalue weighted by molar-refractivity contribution is 0.366. The molecule has 0 saturated carbocycles. The second-order valence-corrected chi connectivity index (χ2v) is 7.70. The minimum absolute atomic E-state index is 0.00509. The quantitative estimate of drug-likeness (QED) is 0.812. The van der Waals surface area contributed by atoms with E-state index >= 15 is 0 Å². The van der Waals surface area contributed by atoms with Gasteiger partial charge in [0.05, 0.1) is 5.75 Å². The fourth-order valence-electron chi connectivity index (χ4n) is 2.13. The smallest absolute Gasteiger partial charge is 0.230 e. The summed E-state index contributed by atoms with van der Waals surface area (Å²) in [6.07, 6.45) is 1.20. The molecule has 0 aliphatic rings. The molecule has 7 heteroatoms. The van der Waals surface area contributed by atoms with Crippen molar-refractivity contribution in [1.82, 2.24) is 10.1 Å². The molecule has 2 aromatic rings. The second kappa shape index (κ2) is 6.48. The van der Waals surface area contributed by atoms with Gasteiger partial charge in [-0.15, -0.1) is 0 Å². The van der Waals surface area contributed by atoms with Gasteiger partial charge in [0.1, 0.15) is 9.84 Å². The van der Waals surface area contributed by atoms with Gasteiger partial charge in [-0.05, 0) is 31.2 Å². The van der Waals surface area contributed by atoms with Gasteiger partial charge in [0.2, 0.25) is 11.7 Å². The number of rotatable bonds is 6. The maximum Gasteiger partial charge on any atom is 0.230 e. The van der Waals surface area contributed by atoms with E-state index in [0.29, 0.717) is 11.7 Å². The van der Waals surface area contributed by atoms with Crippen LogP contribution in [0.25, 0.3) is 11.4 Å². The lowest BCUT2D eigenvalue weighted by Gasteiger charge is -2.16. The molecule has 120 valence electrons. The van der Waals surface area contributed by atoms with Crippen LogP contribution in [0.3, 0.4) is 0 Å². The summed E-state index contributed by atoms with van der Waals surface area (Å²) >= 11 is 0. The van der Waals surface area contributed by atoms with Crippen molar-refractivity contribution >= 4 is 15.5 Å². The Morgan fingerprint density at radius 2 is 1.91 bits per heavy atom. The van der Waals surface area contributed by atoms with Crippen molar-refractivity contribution in [1.29, 1.82) is 0 Å². The standard InChI is InChI=1S/C15H21N3O3S/c1-5-18(3)13-8-6-12(7-9-13)14-16-15(21-17-14)11(2)10-22(4,19)20/h6-9,11H,5,10H2,1-4H3/t11-/m1/s1. The average molecular weight is 323 g/mol. The molecule has 1 aromatic carbocycles. The highest BCUT2D eigenvalue weighted by atomic mass is 32.2. The first-order chi connectivity index (χ1) is 10.3. The van der Waals surface area contributed by atoms with Crippen LogP contribution in [-0.4, -0.2) is 44.2 Å². The molecule has 6 nitrogen and oxygen atoms in total. The van der Waals surface area contributed by atoms with Crippen LogP contribution < -0.4 is 4.90 Å². The molecule has 2 rings (SSSR count). The van der Waals surface area contributed by atoms with E-state index in [4.69, 9.17) is 4.52 Å². The van der Waals surface area contributed by atoms with Crippen LogP contribution in [0.15, 0.2) is 28.8 Å². The van der Waals surface area contributed by atoms with Crippen molar-refractivity contribution in [2.24, 2.45) is 0 Å². The predicted octanol–water partition coefficient (Wildman–Crippen LogP) is 2.34. The van der Waals surface area contributed by atoms with Crippen LogP contribution in [0.1, 0.15) is 25.7 Å². The van der Waals surface area contributed by atoms with Crippen LogP contribution in [-0.2, 0) is 9.84 Å². The third kappa shape index (κ3) is 4.07. The Morgan fingerprint density at radius 1 is 1.27 bits per heavy atom. The van der Waals surface area contributed by atoms with Crippen LogP contribution in [0.2, 0.25) is 0 Å². The lowest BCUT2D eigenvalue weighted by Crippen LogP contribution is -2.15. The molecule has 0 aliphatic heterocycles. The van der Waals surface area contributed by atoms with Crippen LogP contribution >= 0.6 is 0 Å². The first kappa shape index (κ1) is 16.5. The molecule has 0 unspecified atom stereocenters. The summed E-state index contributed by atoms with van der Waals surface area (Å²) in [5.41, 5.74) is 1.95. The van der Waals surface area contributed by atoms with E-state index in [2.05, 4.69) is 22.0 Å². The van der Waals surface area contributed by atoms with Gasteiger partial charge in [-0.25, -0.2) is 8.42 Å². The summed E-state index contributed by atoms with van der Waals surface area (Å²) in [7, 11) is -1.06. The third-order valence-electron chi connectivity index (χ3n) is 3.46. The van der Waals surface area contributed by atoms with E-state index in [1.807, 2.05) is 31.3 Å². The van der Waals surface area contributed by atoms with Crippen LogP contribution in [0.5, 0.6) is 0 Å². The summed E-state index contributed by atoms with van der Waals surface area (Å²) < 4.78 is 27.8. The Hall–Kier alpha value is -1.89. The molecule has 1 aromatic heterocycles. The number of hydrogen-bond acceptors (Lipinski definition) is 6. The third-order valence-corrected chi connectivity index (χ3v) is 4.56. The maximum atomic E-state index is 11.3. The molecule has 22 heavy (non-hydrogen) atoms. The molecule has 0 amide bonds. The Balaban J connectivity index is 2.17. The molecular weight excluding hydrogens is 302 g/mol. The van der Waals surface area contributed by atoms with Crippen molar-refractivity contribution < 1.29 is 12.9 Å². The molecule has 0 spiro atoms. The van der Waals surface area contributed by atoms with Gasteiger partial charge >= 0.3 is 0 Å². The highest BCUT2D eigenvalue weighted by Crippen LogP contribution is 2.23. The molecule has 0 N–H and O–H groups in total. The minimum atomic E-state index is -3.08. The van der Waals surface area contributed by atoms with E-state index in [9.17, 15) is 8.42 Å². The summed E-state index contributed by atoms with van der Waals surface area (Å²) in [6, 6.07) is 7.85. The number of aromatic nitrogens is 2. The van der Waals surface area contributed by atoms with Gasteiger partial charge in [-0.2, -0.15) is 4.98 Å². The van der Waals surface area contributed by atoms with Gasteiger partial charge in [-0.3, -0.25) is 0 Å². The van der Waals surface area contributed by atoms with Gasteiger partial charge in [-0.1, -0.05) is 12.1 Å². The van der Waals surface area contributed by atoms with Crippen molar-refractivity contribution in [3.05, 3.63) is 30.2 Å². The summed E-state index contributed by atoms with van der Waals surface area (Å²) in [4.78, 5) is 6.43. The van der Waals surface area contributed by atoms with Gasteiger partial charge < -0.3 is 9.42 Å². The zero-order chi connectivity index (χ0) is 16.3. The van der Waals surface area contributed by atoms with Gasteiger partial charge in [0, 0.05) is 37.0 Å². The predicted molar refractivity (Wildman–Crippen MR) is 86.8 cm³/mol. The highest BCUT2D eigenvalue weighted by Gasteiger charge is 2.19. The second-order valence-electron chi connectivity index (χ2n) is 5.51. The normalized spacial score (nSPS) is 13.1. The summed E-state index contributed by atoms with van der Waals surface area (Å²) in [5, 5.41) is 3.94. The monoisotopic (exact) mass is 323 g/mol. The number of sulfone groups is 1. The Bertz CT molecular complexity index is 723. The SMILES string of the molecule is CCN(C)c1ccc(-c2noc([C@H](C)CS(C)(=O)=O)n2)cc1. The largest absolute Gasteiger partial charge is 0.375 e. The maximum absolute atomic E-state index is 11.3. The molecular formula is C15H21N3O3S. The van der Waals surface area contributed by atoms with E-state index < -0.39 is 9.84 Å². The fourth-order valence-corrected chi connectivity index (χ4v) is 3.18. The van der Waals surface area contributed by atoms with Gasteiger partial charge in [0.25, 0.3) is 0 Å². The average Bonchev–Trinajstić information content (AvgIpc) is 2.95. The summed E-state index contributed by atoms with van der Waals surface area (Å²) in [6.45, 7) is 4.77.